The molecule has 0 radical (unpaired) electrons. The van der Waals surface area contributed by atoms with E-state index in [0.29, 0.717) is 5.78 Å². The van der Waals surface area contributed by atoms with E-state index in [0.717, 1.165) is 19.3 Å². The second-order valence-electron chi connectivity index (χ2n) is 5.56. The van der Waals surface area contributed by atoms with Crippen molar-refractivity contribution in [2.45, 2.75) is 97.3 Å². The zero-order valence-electron chi connectivity index (χ0n) is 13.3. The Morgan fingerprint density at radius 3 is 1.68 bits per heavy atom. The van der Waals surface area contributed by atoms with Crippen LogP contribution in [0, 0.1) is 0 Å². The number of carbonyl (C=O) groups excluding carboxylic acids is 1. The predicted molar refractivity (Wildman–Crippen MR) is 85.5 cm³/mol. The first-order valence-electron chi connectivity index (χ1n) is 8.50. The van der Waals surface area contributed by atoms with E-state index in [1.165, 1.54) is 64.2 Å². The van der Waals surface area contributed by atoms with E-state index in [-0.39, 0.29) is 0 Å². The first-order chi connectivity index (χ1) is 9.31. The Kier molecular flexibility index (Phi) is 15.0. The highest BCUT2D eigenvalue weighted by atomic mass is 16.1. The van der Waals surface area contributed by atoms with E-state index in [1.807, 2.05) is 6.08 Å². The molecule has 0 amide bonds. The van der Waals surface area contributed by atoms with Crippen LogP contribution in [0.1, 0.15) is 97.3 Å². The molecule has 0 heterocycles. The smallest absolute Gasteiger partial charge is 0.155 e. The molecule has 19 heavy (non-hydrogen) atoms. The Balaban J connectivity index is 3.10. The van der Waals surface area contributed by atoms with Crippen molar-refractivity contribution < 1.29 is 4.79 Å². The van der Waals surface area contributed by atoms with Gasteiger partial charge >= 0.3 is 0 Å². The van der Waals surface area contributed by atoms with Gasteiger partial charge in [0.25, 0.3) is 0 Å². The van der Waals surface area contributed by atoms with Crippen LogP contribution in [-0.4, -0.2) is 5.78 Å². The molecule has 0 atom stereocenters. The van der Waals surface area contributed by atoms with Crippen molar-refractivity contribution in [3.63, 3.8) is 0 Å². The molecule has 0 aliphatic rings. The zero-order chi connectivity index (χ0) is 14.2. The van der Waals surface area contributed by atoms with Crippen LogP contribution in [0.4, 0.5) is 0 Å². The average Bonchev–Trinajstić information content (AvgIpc) is 2.42. The van der Waals surface area contributed by atoms with E-state index < -0.39 is 0 Å². The number of allylic oxidation sites excluding steroid dienone is 2. The quantitative estimate of drug-likeness (QED) is 0.269. The monoisotopic (exact) mass is 266 g/mol. The third-order valence-corrected chi connectivity index (χ3v) is 3.57. The molecular weight excluding hydrogens is 232 g/mol. The predicted octanol–water partition coefficient (Wildman–Crippen LogP) is 6.22. The lowest BCUT2D eigenvalue weighted by atomic mass is 10.0. The van der Waals surface area contributed by atoms with Crippen molar-refractivity contribution in [1.29, 1.82) is 0 Å². The summed E-state index contributed by atoms with van der Waals surface area (Å²) in [7, 11) is 0. The highest BCUT2D eigenvalue weighted by molar-refractivity contribution is 5.89. The van der Waals surface area contributed by atoms with Crippen molar-refractivity contribution in [2.24, 2.45) is 0 Å². The van der Waals surface area contributed by atoms with Gasteiger partial charge in [-0.3, -0.25) is 4.79 Å². The van der Waals surface area contributed by atoms with E-state index >= 15 is 0 Å². The van der Waals surface area contributed by atoms with Gasteiger partial charge in [-0.15, -0.1) is 0 Å². The van der Waals surface area contributed by atoms with Crippen LogP contribution in [0.3, 0.4) is 0 Å². The maximum Gasteiger partial charge on any atom is 0.155 e. The lowest BCUT2D eigenvalue weighted by Crippen LogP contribution is -1.92. The fourth-order valence-electron chi connectivity index (χ4n) is 2.30. The molecule has 0 bridgehead atoms. The number of carbonyl (C=O) groups is 1. The van der Waals surface area contributed by atoms with Crippen LogP contribution in [0.2, 0.25) is 0 Å². The molecule has 0 aromatic carbocycles. The van der Waals surface area contributed by atoms with Crippen molar-refractivity contribution in [3.8, 4) is 0 Å². The van der Waals surface area contributed by atoms with Crippen LogP contribution in [0.15, 0.2) is 12.2 Å². The summed E-state index contributed by atoms with van der Waals surface area (Å²) in [5.41, 5.74) is 0. The van der Waals surface area contributed by atoms with Crippen molar-refractivity contribution in [3.05, 3.63) is 12.2 Å². The summed E-state index contributed by atoms with van der Waals surface area (Å²) in [6.07, 6.45) is 20.2. The molecule has 0 rings (SSSR count). The summed E-state index contributed by atoms with van der Waals surface area (Å²) in [6, 6.07) is 0. The first-order valence-corrected chi connectivity index (χ1v) is 8.50. The van der Waals surface area contributed by atoms with Crippen LogP contribution >= 0.6 is 0 Å². The van der Waals surface area contributed by atoms with Crippen molar-refractivity contribution in [2.75, 3.05) is 0 Å². The lowest BCUT2D eigenvalue weighted by Gasteiger charge is -2.02. The molecule has 0 spiro atoms. The van der Waals surface area contributed by atoms with E-state index in [4.69, 9.17) is 0 Å². The van der Waals surface area contributed by atoms with Crippen LogP contribution < -0.4 is 0 Å². The Hall–Kier alpha value is -0.590. The number of rotatable bonds is 14. The maximum absolute atomic E-state index is 11.4. The average molecular weight is 266 g/mol. The number of hydrogen-bond acceptors (Lipinski definition) is 1. The van der Waals surface area contributed by atoms with Gasteiger partial charge in [0.15, 0.2) is 5.78 Å². The van der Waals surface area contributed by atoms with Gasteiger partial charge in [0.1, 0.15) is 0 Å². The summed E-state index contributed by atoms with van der Waals surface area (Å²) < 4.78 is 0. The molecule has 0 fully saturated rings. The van der Waals surface area contributed by atoms with Crippen LogP contribution in [-0.2, 0) is 4.79 Å². The second kappa shape index (κ2) is 15.5. The second-order valence-corrected chi connectivity index (χ2v) is 5.56. The van der Waals surface area contributed by atoms with Gasteiger partial charge in [0, 0.05) is 6.42 Å². The fourth-order valence-corrected chi connectivity index (χ4v) is 2.30. The zero-order valence-corrected chi connectivity index (χ0v) is 13.3. The van der Waals surface area contributed by atoms with Gasteiger partial charge in [-0.25, -0.2) is 0 Å². The largest absolute Gasteiger partial charge is 0.295 e. The molecule has 1 heteroatoms. The molecule has 112 valence electrons. The summed E-state index contributed by atoms with van der Waals surface area (Å²) >= 11 is 0. The minimum absolute atomic E-state index is 0.303. The maximum atomic E-state index is 11.4. The van der Waals surface area contributed by atoms with Crippen molar-refractivity contribution >= 4 is 5.78 Å². The Labute approximate surface area is 120 Å². The van der Waals surface area contributed by atoms with Gasteiger partial charge in [0.2, 0.25) is 0 Å². The summed E-state index contributed by atoms with van der Waals surface area (Å²) in [5.74, 6) is 0.303. The SMILES string of the molecule is CCC=CC(=O)CCCCCCCCCCCCC. The molecule has 1 nitrogen and oxygen atoms in total. The van der Waals surface area contributed by atoms with Crippen LogP contribution in [0.5, 0.6) is 0 Å². The fraction of sp³-hybridized carbons (Fsp3) is 0.833. The lowest BCUT2D eigenvalue weighted by molar-refractivity contribution is -0.114. The first kappa shape index (κ1) is 18.4. The number of unbranched alkanes of at least 4 members (excludes halogenated alkanes) is 10. The third kappa shape index (κ3) is 15.4. The molecule has 0 aliphatic heterocycles. The van der Waals surface area contributed by atoms with E-state index in [9.17, 15) is 4.79 Å². The molecule has 0 aromatic heterocycles. The van der Waals surface area contributed by atoms with Gasteiger partial charge in [-0.1, -0.05) is 84.1 Å². The Bertz CT molecular complexity index is 218. The molecular formula is C18H34O. The Morgan fingerprint density at radius 2 is 1.21 bits per heavy atom. The topological polar surface area (TPSA) is 17.1 Å². The summed E-state index contributed by atoms with van der Waals surface area (Å²) in [5, 5.41) is 0. The van der Waals surface area contributed by atoms with Crippen molar-refractivity contribution in [1.82, 2.24) is 0 Å². The van der Waals surface area contributed by atoms with Gasteiger partial charge < -0.3 is 0 Å². The van der Waals surface area contributed by atoms with Gasteiger partial charge in [-0.05, 0) is 18.9 Å². The van der Waals surface area contributed by atoms with E-state index in [2.05, 4.69) is 13.8 Å². The highest BCUT2D eigenvalue weighted by Gasteiger charge is 1.97. The number of ketones is 1. The summed E-state index contributed by atoms with van der Waals surface area (Å²) in [4.78, 5) is 11.4. The molecule has 0 saturated heterocycles. The molecule has 0 saturated carbocycles. The third-order valence-electron chi connectivity index (χ3n) is 3.57. The molecule has 0 aliphatic carbocycles. The minimum atomic E-state index is 0.303. The van der Waals surface area contributed by atoms with Gasteiger partial charge in [0.05, 0.1) is 0 Å². The number of hydrogen-bond donors (Lipinski definition) is 0. The standard InChI is InChI=1S/C18H34O/c1-3-5-7-8-9-10-11-12-13-14-15-17-18(19)16-6-4-2/h6,16H,3-5,7-15,17H2,1-2H3. The molecule has 0 aromatic rings. The summed E-state index contributed by atoms with van der Waals surface area (Å²) in [6.45, 7) is 4.33. The Morgan fingerprint density at radius 1 is 0.737 bits per heavy atom. The van der Waals surface area contributed by atoms with E-state index in [1.54, 1.807) is 6.08 Å². The molecule has 0 unspecified atom stereocenters. The molecule has 0 N–H and O–H groups in total. The highest BCUT2D eigenvalue weighted by Crippen LogP contribution is 2.12. The normalized spacial score (nSPS) is 11.3. The van der Waals surface area contributed by atoms with Gasteiger partial charge in [-0.2, -0.15) is 0 Å². The minimum Gasteiger partial charge on any atom is -0.295 e. The van der Waals surface area contributed by atoms with Crippen LogP contribution in [0.25, 0.3) is 0 Å².